The summed E-state index contributed by atoms with van der Waals surface area (Å²) in [7, 11) is 0. The highest BCUT2D eigenvalue weighted by Gasteiger charge is 2.28. The van der Waals surface area contributed by atoms with Gasteiger partial charge in [-0.1, -0.05) is 42.5 Å². The smallest absolute Gasteiger partial charge is 0.194 e. The van der Waals surface area contributed by atoms with Crippen LogP contribution in [0.25, 0.3) is 33.3 Å². The molecule has 0 amide bonds. The zero-order valence-corrected chi connectivity index (χ0v) is 12.2. The molecule has 0 bridgehead atoms. The maximum atomic E-state index is 12.6. The minimum atomic E-state index is 0.105. The van der Waals surface area contributed by atoms with Crippen molar-refractivity contribution in [3.8, 4) is 22.3 Å². The Hall–Kier alpha value is -3.20. The van der Waals surface area contributed by atoms with Crippen LogP contribution in [0, 0.1) is 0 Å². The van der Waals surface area contributed by atoms with E-state index < -0.39 is 0 Å². The predicted molar refractivity (Wildman–Crippen MR) is 90.4 cm³/mol. The molecule has 23 heavy (non-hydrogen) atoms. The lowest BCUT2D eigenvalue weighted by molar-refractivity contribution is 0.104. The van der Waals surface area contributed by atoms with Crippen LogP contribution >= 0.6 is 0 Å². The monoisotopic (exact) mass is 296 g/mol. The molecule has 0 saturated heterocycles. The lowest BCUT2D eigenvalue weighted by atomic mass is 9.95. The Morgan fingerprint density at radius 2 is 1.61 bits per heavy atom. The van der Waals surface area contributed by atoms with E-state index in [-0.39, 0.29) is 5.78 Å². The first-order valence-electron chi connectivity index (χ1n) is 7.53. The minimum Gasteiger partial charge on any atom is -0.346 e. The SMILES string of the molecule is O=C1c2ccccc2-c2c1cccc2-c1cnc2[nH]ccc2c1. The molecule has 1 aliphatic carbocycles. The molecule has 0 aliphatic heterocycles. The van der Waals surface area contributed by atoms with Crippen molar-refractivity contribution in [3.05, 3.63) is 78.1 Å². The molecule has 0 unspecified atom stereocenters. The van der Waals surface area contributed by atoms with Gasteiger partial charge in [-0.05, 0) is 23.3 Å². The molecule has 0 radical (unpaired) electrons. The lowest BCUT2D eigenvalue weighted by Gasteiger charge is -2.09. The highest BCUT2D eigenvalue weighted by atomic mass is 16.1. The molecule has 2 aromatic heterocycles. The van der Waals surface area contributed by atoms with Crippen LogP contribution in [0.1, 0.15) is 15.9 Å². The van der Waals surface area contributed by atoms with Gasteiger partial charge in [-0.2, -0.15) is 0 Å². The number of ketones is 1. The van der Waals surface area contributed by atoms with E-state index in [1.807, 2.05) is 54.9 Å². The van der Waals surface area contributed by atoms with E-state index in [4.69, 9.17) is 0 Å². The molecule has 1 N–H and O–H groups in total. The van der Waals surface area contributed by atoms with Crippen molar-refractivity contribution in [2.45, 2.75) is 0 Å². The minimum absolute atomic E-state index is 0.105. The second kappa shape index (κ2) is 4.40. The second-order valence-corrected chi connectivity index (χ2v) is 5.74. The third-order valence-electron chi connectivity index (χ3n) is 4.46. The van der Waals surface area contributed by atoms with Gasteiger partial charge in [-0.3, -0.25) is 4.79 Å². The van der Waals surface area contributed by atoms with Gasteiger partial charge in [0.15, 0.2) is 5.78 Å². The number of nitrogens with zero attached hydrogens (tertiary/aromatic N) is 1. The zero-order valence-electron chi connectivity index (χ0n) is 12.2. The van der Waals surface area contributed by atoms with Crippen LogP contribution in [0.4, 0.5) is 0 Å². The molecule has 3 nitrogen and oxygen atoms in total. The van der Waals surface area contributed by atoms with Gasteiger partial charge in [0.2, 0.25) is 0 Å². The maximum absolute atomic E-state index is 12.6. The van der Waals surface area contributed by atoms with Gasteiger partial charge < -0.3 is 4.98 Å². The van der Waals surface area contributed by atoms with Crippen molar-refractivity contribution >= 4 is 16.8 Å². The molecule has 4 aromatic rings. The number of fused-ring (bicyclic) bond motifs is 4. The average Bonchev–Trinajstić information content (AvgIpc) is 3.18. The fraction of sp³-hybridized carbons (Fsp3) is 0. The van der Waals surface area contributed by atoms with Crippen LogP contribution in [0.3, 0.4) is 0 Å². The number of nitrogens with one attached hydrogen (secondary N) is 1. The molecule has 5 rings (SSSR count). The van der Waals surface area contributed by atoms with Gasteiger partial charge in [-0.15, -0.1) is 0 Å². The summed E-state index contributed by atoms with van der Waals surface area (Å²) in [5.74, 6) is 0.105. The molecular formula is C20H12N2O. The van der Waals surface area contributed by atoms with E-state index in [1.165, 1.54) is 0 Å². The number of benzene rings is 2. The molecule has 108 valence electrons. The summed E-state index contributed by atoms with van der Waals surface area (Å²) in [5.41, 5.74) is 6.54. The van der Waals surface area contributed by atoms with Gasteiger partial charge >= 0.3 is 0 Å². The van der Waals surface area contributed by atoms with Crippen LogP contribution in [0.2, 0.25) is 0 Å². The Morgan fingerprint density at radius 1 is 0.826 bits per heavy atom. The molecule has 2 heterocycles. The highest BCUT2D eigenvalue weighted by molar-refractivity contribution is 6.23. The predicted octanol–water partition coefficient (Wildman–Crippen LogP) is 4.44. The maximum Gasteiger partial charge on any atom is 0.194 e. The van der Waals surface area contributed by atoms with Crippen molar-refractivity contribution in [1.29, 1.82) is 0 Å². The molecule has 3 heteroatoms. The van der Waals surface area contributed by atoms with Crippen molar-refractivity contribution in [1.82, 2.24) is 9.97 Å². The standard InChI is InChI=1S/C20H12N2O/c23-19-16-5-2-1-4-15(16)18-14(6-3-7-17(18)19)13-10-12-8-9-21-20(12)22-11-13/h1-11H,(H,21,22). The summed E-state index contributed by atoms with van der Waals surface area (Å²) in [4.78, 5) is 20.2. The largest absolute Gasteiger partial charge is 0.346 e. The highest BCUT2D eigenvalue weighted by Crippen LogP contribution is 2.42. The van der Waals surface area contributed by atoms with E-state index in [1.54, 1.807) is 0 Å². The van der Waals surface area contributed by atoms with Crippen molar-refractivity contribution < 1.29 is 4.79 Å². The number of aromatic amines is 1. The summed E-state index contributed by atoms with van der Waals surface area (Å²) in [5, 5.41) is 1.07. The number of H-pyrrole nitrogens is 1. The van der Waals surface area contributed by atoms with Gasteiger partial charge in [0.05, 0.1) is 0 Å². The molecule has 0 spiro atoms. The number of rotatable bonds is 1. The number of carbonyl (C=O) groups excluding carboxylic acids is 1. The zero-order chi connectivity index (χ0) is 15.4. The third kappa shape index (κ3) is 1.64. The quantitative estimate of drug-likeness (QED) is 0.497. The molecule has 0 saturated carbocycles. The summed E-state index contributed by atoms with van der Waals surface area (Å²) in [6.07, 6.45) is 3.75. The number of pyridine rings is 1. The van der Waals surface area contributed by atoms with Crippen LogP contribution in [0.15, 0.2) is 67.0 Å². The number of carbonyl (C=O) groups is 1. The summed E-state index contributed by atoms with van der Waals surface area (Å²) < 4.78 is 0. The molecular weight excluding hydrogens is 284 g/mol. The number of aromatic nitrogens is 2. The third-order valence-corrected chi connectivity index (χ3v) is 4.46. The van der Waals surface area contributed by atoms with E-state index >= 15 is 0 Å². The Kier molecular flexibility index (Phi) is 2.36. The van der Waals surface area contributed by atoms with Crippen molar-refractivity contribution in [2.24, 2.45) is 0 Å². The van der Waals surface area contributed by atoms with Crippen LogP contribution in [-0.2, 0) is 0 Å². The number of hydrogen-bond acceptors (Lipinski definition) is 2. The van der Waals surface area contributed by atoms with E-state index in [0.717, 1.165) is 44.4 Å². The first-order chi connectivity index (χ1) is 11.3. The Balaban J connectivity index is 1.83. The van der Waals surface area contributed by atoms with E-state index in [0.29, 0.717) is 0 Å². The summed E-state index contributed by atoms with van der Waals surface area (Å²) in [6, 6.07) is 17.8. The average molecular weight is 296 g/mol. The second-order valence-electron chi connectivity index (χ2n) is 5.74. The van der Waals surface area contributed by atoms with Crippen LogP contribution in [-0.4, -0.2) is 15.8 Å². The fourth-order valence-electron chi connectivity index (χ4n) is 3.40. The molecule has 2 aromatic carbocycles. The first kappa shape index (κ1) is 12.4. The van der Waals surface area contributed by atoms with E-state index in [9.17, 15) is 4.79 Å². The molecule has 0 atom stereocenters. The normalized spacial score (nSPS) is 12.4. The van der Waals surface area contributed by atoms with E-state index in [2.05, 4.69) is 22.1 Å². The van der Waals surface area contributed by atoms with Gasteiger partial charge in [-0.25, -0.2) is 4.98 Å². The van der Waals surface area contributed by atoms with Gasteiger partial charge in [0, 0.05) is 40.0 Å². The first-order valence-corrected chi connectivity index (χ1v) is 7.53. The Bertz CT molecular complexity index is 1090. The van der Waals surface area contributed by atoms with Gasteiger partial charge in [0.25, 0.3) is 0 Å². The Morgan fingerprint density at radius 3 is 2.52 bits per heavy atom. The summed E-state index contributed by atoms with van der Waals surface area (Å²) >= 11 is 0. The van der Waals surface area contributed by atoms with Crippen LogP contribution in [0.5, 0.6) is 0 Å². The van der Waals surface area contributed by atoms with Crippen molar-refractivity contribution in [3.63, 3.8) is 0 Å². The topological polar surface area (TPSA) is 45.8 Å². The lowest BCUT2D eigenvalue weighted by Crippen LogP contribution is -1.94. The number of hydrogen-bond donors (Lipinski definition) is 1. The Labute approximate surface area is 132 Å². The molecule has 0 fully saturated rings. The molecule has 1 aliphatic rings. The fourth-order valence-corrected chi connectivity index (χ4v) is 3.40. The van der Waals surface area contributed by atoms with Crippen molar-refractivity contribution in [2.75, 3.05) is 0 Å². The summed E-state index contributed by atoms with van der Waals surface area (Å²) in [6.45, 7) is 0. The van der Waals surface area contributed by atoms with Crippen LogP contribution < -0.4 is 0 Å². The van der Waals surface area contributed by atoms with Gasteiger partial charge in [0.1, 0.15) is 5.65 Å².